The first-order chi connectivity index (χ1) is 7.94. The lowest BCUT2D eigenvalue weighted by molar-refractivity contribution is 0.114. The Hall–Kier alpha value is 0.270. The molecule has 2 fully saturated rings. The van der Waals surface area contributed by atoms with Crippen LogP contribution in [0.4, 0.5) is 0 Å². The SMILES string of the molecule is CC(C)C1(CN2CCSC(C)(C)C2)CCNC1. The summed E-state index contributed by atoms with van der Waals surface area (Å²) in [7, 11) is 0. The third kappa shape index (κ3) is 3.18. The van der Waals surface area contributed by atoms with E-state index in [0.29, 0.717) is 10.2 Å². The summed E-state index contributed by atoms with van der Waals surface area (Å²) in [6, 6.07) is 0. The minimum Gasteiger partial charge on any atom is -0.316 e. The van der Waals surface area contributed by atoms with E-state index in [1.165, 1.54) is 44.9 Å². The standard InChI is InChI=1S/C14H28N2S/c1-12(2)14(5-6-15-9-14)11-16-7-8-17-13(3,4)10-16/h12,15H,5-11H2,1-4H3. The van der Waals surface area contributed by atoms with Gasteiger partial charge in [0.1, 0.15) is 0 Å². The van der Waals surface area contributed by atoms with Gasteiger partial charge in [0.05, 0.1) is 0 Å². The molecule has 0 saturated carbocycles. The van der Waals surface area contributed by atoms with E-state index in [1.54, 1.807) is 0 Å². The summed E-state index contributed by atoms with van der Waals surface area (Å²) in [5.74, 6) is 2.09. The maximum absolute atomic E-state index is 3.57. The summed E-state index contributed by atoms with van der Waals surface area (Å²) < 4.78 is 0.447. The Labute approximate surface area is 111 Å². The van der Waals surface area contributed by atoms with Crippen LogP contribution in [0.2, 0.25) is 0 Å². The van der Waals surface area contributed by atoms with Gasteiger partial charge in [0.2, 0.25) is 0 Å². The lowest BCUT2D eigenvalue weighted by atomic mass is 9.76. The minimum atomic E-state index is 0.447. The lowest BCUT2D eigenvalue weighted by Gasteiger charge is -2.43. The first-order valence-electron chi connectivity index (χ1n) is 7.01. The van der Waals surface area contributed by atoms with Gasteiger partial charge in [-0.1, -0.05) is 13.8 Å². The molecule has 0 aliphatic carbocycles. The van der Waals surface area contributed by atoms with Gasteiger partial charge in [0, 0.05) is 36.7 Å². The average molecular weight is 256 g/mol. The van der Waals surface area contributed by atoms with Crippen LogP contribution in [-0.4, -0.2) is 48.1 Å². The zero-order valence-corrected chi connectivity index (χ0v) is 12.7. The van der Waals surface area contributed by atoms with E-state index in [2.05, 4.69) is 49.7 Å². The van der Waals surface area contributed by atoms with Crippen molar-refractivity contribution in [1.29, 1.82) is 0 Å². The summed E-state index contributed by atoms with van der Waals surface area (Å²) in [5, 5.41) is 3.57. The first-order valence-corrected chi connectivity index (χ1v) is 7.99. The predicted molar refractivity (Wildman–Crippen MR) is 77.7 cm³/mol. The predicted octanol–water partition coefficient (Wildman–Crippen LogP) is 2.45. The van der Waals surface area contributed by atoms with Crippen LogP contribution >= 0.6 is 11.8 Å². The summed E-state index contributed by atoms with van der Waals surface area (Å²) in [6.07, 6.45) is 1.36. The van der Waals surface area contributed by atoms with E-state index >= 15 is 0 Å². The molecule has 2 aliphatic heterocycles. The maximum atomic E-state index is 3.57. The van der Waals surface area contributed by atoms with E-state index in [9.17, 15) is 0 Å². The van der Waals surface area contributed by atoms with Crippen LogP contribution < -0.4 is 5.32 Å². The molecule has 2 rings (SSSR count). The van der Waals surface area contributed by atoms with Crippen LogP contribution in [0.15, 0.2) is 0 Å². The highest BCUT2D eigenvalue weighted by molar-refractivity contribution is 8.00. The highest BCUT2D eigenvalue weighted by Crippen LogP contribution is 2.37. The number of thioether (sulfide) groups is 1. The van der Waals surface area contributed by atoms with Crippen LogP contribution in [0.3, 0.4) is 0 Å². The fourth-order valence-electron chi connectivity index (χ4n) is 3.27. The third-order valence-corrected chi connectivity index (χ3v) is 5.84. The Morgan fingerprint density at radius 1 is 1.35 bits per heavy atom. The van der Waals surface area contributed by atoms with Crippen molar-refractivity contribution in [3.63, 3.8) is 0 Å². The van der Waals surface area contributed by atoms with Crippen LogP contribution in [0.1, 0.15) is 34.1 Å². The quantitative estimate of drug-likeness (QED) is 0.835. The van der Waals surface area contributed by atoms with E-state index in [0.717, 1.165) is 5.92 Å². The average Bonchev–Trinajstić information content (AvgIpc) is 2.66. The van der Waals surface area contributed by atoms with E-state index < -0.39 is 0 Å². The van der Waals surface area contributed by atoms with Gasteiger partial charge in [-0.2, -0.15) is 11.8 Å². The van der Waals surface area contributed by atoms with Crippen molar-refractivity contribution in [2.45, 2.75) is 38.9 Å². The van der Waals surface area contributed by atoms with Crippen LogP contribution in [0.25, 0.3) is 0 Å². The fraction of sp³-hybridized carbons (Fsp3) is 1.00. The normalized spacial score (nSPS) is 34.4. The molecule has 3 heteroatoms. The van der Waals surface area contributed by atoms with Crippen molar-refractivity contribution >= 4 is 11.8 Å². The lowest BCUT2D eigenvalue weighted by Crippen LogP contribution is -2.50. The Kier molecular flexibility index (Phi) is 4.11. The minimum absolute atomic E-state index is 0.447. The Balaban J connectivity index is 1.99. The Morgan fingerprint density at radius 3 is 2.65 bits per heavy atom. The molecular formula is C14H28N2S. The van der Waals surface area contributed by atoms with Gasteiger partial charge >= 0.3 is 0 Å². The van der Waals surface area contributed by atoms with Crippen LogP contribution in [0.5, 0.6) is 0 Å². The summed E-state index contributed by atoms with van der Waals surface area (Å²) in [5.41, 5.74) is 0.526. The third-order valence-electron chi connectivity index (χ3n) is 4.54. The molecule has 100 valence electrons. The van der Waals surface area contributed by atoms with Gasteiger partial charge in [0.25, 0.3) is 0 Å². The molecule has 0 bridgehead atoms. The van der Waals surface area contributed by atoms with Crippen LogP contribution in [0, 0.1) is 11.3 Å². The van der Waals surface area contributed by atoms with Gasteiger partial charge in [-0.15, -0.1) is 0 Å². The Bertz CT molecular complexity index is 257. The maximum Gasteiger partial charge on any atom is 0.0231 e. The van der Waals surface area contributed by atoms with Crippen LogP contribution in [-0.2, 0) is 0 Å². The molecule has 0 amide bonds. The van der Waals surface area contributed by atoms with Gasteiger partial charge in [-0.05, 0) is 38.1 Å². The van der Waals surface area contributed by atoms with Crippen molar-refractivity contribution in [3.8, 4) is 0 Å². The summed E-state index contributed by atoms with van der Waals surface area (Å²) in [4.78, 5) is 2.71. The second-order valence-corrected chi connectivity index (χ2v) is 8.56. The second kappa shape index (κ2) is 5.10. The largest absolute Gasteiger partial charge is 0.316 e. The highest BCUT2D eigenvalue weighted by atomic mass is 32.2. The van der Waals surface area contributed by atoms with Gasteiger partial charge in [0.15, 0.2) is 0 Å². The zero-order valence-electron chi connectivity index (χ0n) is 11.9. The highest BCUT2D eigenvalue weighted by Gasteiger charge is 2.40. The molecule has 1 N–H and O–H groups in total. The van der Waals surface area contributed by atoms with Crippen molar-refractivity contribution in [2.24, 2.45) is 11.3 Å². The molecule has 0 aromatic heterocycles. The number of nitrogens with zero attached hydrogens (tertiary/aromatic N) is 1. The molecule has 0 spiro atoms. The smallest absolute Gasteiger partial charge is 0.0231 e. The van der Waals surface area contributed by atoms with Gasteiger partial charge in [-0.25, -0.2) is 0 Å². The molecular weight excluding hydrogens is 228 g/mol. The summed E-state index contributed by atoms with van der Waals surface area (Å²) >= 11 is 2.13. The molecule has 2 nitrogen and oxygen atoms in total. The summed E-state index contributed by atoms with van der Waals surface area (Å²) in [6.45, 7) is 15.8. The topological polar surface area (TPSA) is 15.3 Å². The molecule has 2 saturated heterocycles. The second-order valence-electron chi connectivity index (χ2n) is 6.76. The number of hydrogen-bond donors (Lipinski definition) is 1. The first kappa shape index (κ1) is 13.7. The molecule has 0 radical (unpaired) electrons. The molecule has 2 heterocycles. The van der Waals surface area contributed by atoms with E-state index in [1.807, 2.05) is 0 Å². The van der Waals surface area contributed by atoms with Gasteiger partial charge in [-0.3, -0.25) is 0 Å². The van der Waals surface area contributed by atoms with Crippen molar-refractivity contribution in [1.82, 2.24) is 10.2 Å². The fourth-order valence-corrected chi connectivity index (χ4v) is 4.44. The van der Waals surface area contributed by atoms with Crippen molar-refractivity contribution < 1.29 is 0 Å². The molecule has 0 aromatic rings. The van der Waals surface area contributed by atoms with E-state index in [4.69, 9.17) is 0 Å². The zero-order chi connectivity index (χ0) is 12.5. The molecule has 17 heavy (non-hydrogen) atoms. The van der Waals surface area contributed by atoms with Crippen molar-refractivity contribution in [2.75, 3.05) is 38.5 Å². The van der Waals surface area contributed by atoms with Crippen molar-refractivity contribution in [3.05, 3.63) is 0 Å². The monoisotopic (exact) mass is 256 g/mol. The molecule has 2 aliphatic rings. The molecule has 0 aromatic carbocycles. The van der Waals surface area contributed by atoms with E-state index in [-0.39, 0.29) is 0 Å². The van der Waals surface area contributed by atoms with Gasteiger partial charge < -0.3 is 10.2 Å². The number of rotatable bonds is 3. The molecule has 1 atom stereocenters. The number of nitrogens with one attached hydrogen (secondary N) is 1. The molecule has 1 unspecified atom stereocenters. The number of hydrogen-bond acceptors (Lipinski definition) is 3. The Morgan fingerprint density at radius 2 is 2.12 bits per heavy atom.